The molecular weight excluding hydrogens is 469 g/mol. The molecule has 2 aromatic carbocycles. The maximum Gasteiger partial charge on any atom is 0.421 e. The summed E-state index contributed by atoms with van der Waals surface area (Å²) in [5, 5.41) is 5.76. The van der Waals surface area contributed by atoms with Gasteiger partial charge in [0.2, 0.25) is 5.95 Å². The second-order valence-corrected chi connectivity index (χ2v) is 9.35. The summed E-state index contributed by atoms with van der Waals surface area (Å²) in [5.41, 5.74) is -0.314. The molecule has 1 heterocycles. The highest BCUT2D eigenvalue weighted by Gasteiger charge is 2.35. The number of aromatic nitrogens is 2. The topological polar surface area (TPSA) is 68.3 Å². The van der Waals surface area contributed by atoms with Crippen molar-refractivity contribution in [2.24, 2.45) is 0 Å². The third-order valence-electron chi connectivity index (χ3n) is 5.02. The van der Waals surface area contributed by atoms with Crippen molar-refractivity contribution in [3.63, 3.8) is 0 Å². The fourth-order valence-electron chi connectivity index (χ4n) is 3.37. The van der Waals surface area contributed by atoms with Crippen LogP contribution >= 0.6 is 0 Å². The molecule has 0 saturated carbocycles. The molecule has 0 radical (unpaired) electrons. The number of hydrogen-bond acceptors (Lipinski definition) is 6. The molecule has 0 unspecified atom stereocenters. The first-order valence-electron chi connectivity index (χ1n) is 12.0. The van der Waals surface area contributed by atoms with E-state index in [1.54, 1.807) is 48.5 Å². The number of ether oxygens (including phenoxy) is 2. The minimum absolute atomic E-state index is 0.0213. The molecule has 0 bridgehead atoms. The molecule has 2 N–H and O–H groups in total. The predicted octanol–water partition coefficient (Wildman–Crippen LogP) is 8.12. The van der Waals surface area contributed by atoms with Crippen LogP contribution in [0.1, 0.15) is 58.9 Å². The Morgan fingerprint density at radius 3 is 2.28 bits per heavy atom. The molecule has 0 aliphatic heterocycles. The Kier molecular flexibility index (Phi) is 9.01. The van der Waals surface area contributed by atoms with Crippen LogP contribution in [0.2, 0.25) is 0 Å². The number of alkyl halides is 3. The van der Waals surface area contributed by atoms with Crippen molar-refractivity contribution in [2.45, 2.75) is 65.2 Å². The summed E-state index contributed by atoms with van der Waals surface area (Å²) in [5.74, 6) is 0.794. The maximum absolute atomic E-state index is 13.7. The lowest BCUT2D eigenvalue weighted by atomic mass is 10.2. The standard InChI is InChI=1S/C27H33F3N4O2/c1-5-6-7-10-17-35-23-12-9-8-11-22(23)33-24-21(27(28,29)30)18-31-25(34-24)32-19-13-15-20(16-14-19)36-26(2,3)4/h8-9,11-16,18H,5-7,10,17H2,1-4H3,(H2,31,32,33,34). The van der Waals surface area contributed by atoms with Crippen molar-refractivity contribution in [3.05, 3.63) is 60.3 Å². The number of nitrogens with zero attached hydrogens (tertiary/aromatic N) is 2. The van der Waals surface area contributed by atoms with E-state index in [1.165, 1.54) is 0 Å². The van der Waals surface area contributed by atoms with Crippen LogP contribution in [0.4, 0.5) is 36.3 Å². The highest BCUT2D eigenvalue weighted by Crippen LogP contribution is 2.37. The Bertz CT molecular complexity index is 1110. The highest BCUT2D eigenvalue weighted by molar-refractivity contribution is 5.67. The molecule has 0 saturated heterocycles. The summed E-state index contributed by atoms with van der Waals surface area (Å²) in [6, 6.07) is 13.9. The van der Waals surface area contributed by atoms with Gasteiger partial charge in [-0.1, -0.05) is 38.3 Å². The van der Waals surface area contributed by atoms with Crippen LogP contribution in [0, 0.1) is 0 Å². The van der Waals surface area contributed by atoms with E-state index in [0.717, 1.165) is 31.9 Å². The van der Waals surface area contributed by atoms with Crippen LogP contribution in [0.5, 0.6) is 11.5 Å². The molecule has 0 aliphatic rings. The molecule has 0 fully saturated rings. The molecule has 0 aliphatic carbocycles. The summed E-state index contributed by atoms with van der Waals surface area (Å²) in [7, 11) is 0. The molecule has 36 heavy (non-hydrogen) atoms. The predicted molar refractivity (Wildman–Crippen MR) is 137 cm³/mol. The zero-order valence-corrected chi connectivity index (χ0v) is 21.1. The smallest absolute Gasteiger partial charge is 0.421 e. The van der Waals surface area contributed by atoms with Crippen LogP contribution in [0.25, 0.3) is 0 Å². The van der Waals surface area contributed by atoms with Gasteiger partial charge < -0.3 is 20.1 Å². The molecule has 0 atom stereocenters. The van der Waals surface area contributed by atoms with Gasteiger partial charge in [-0.25, -0.2) is 4.98 Å². The summed E-state index contributed by atoms with van der Waals surface area (Å²) in [6.45, 7) is 8.44. The number of halogens is 3. The lowest BCUT2D eigenvalue weighted by Crippen LogP contribution is -2.22. The van der Waals surface area contributed by atoms with Crippen molar-refractivity contribution in [2.75, 3.05) is 17.2 Å². The first kappa shape index (κ1) is 27.1. The van der Waals surface area contributed by atoms with E-state index in [0.29, 0.717) is 29.5 Å². The summed E-state index contributed by atoms with van der Waals surface area (Å²) in [6.07, 6.45) is 0.260. The third kappa shape index (κ3) is 8.32. The lowest BCUT2D eigenvalue weighted by Gasteiger charge is -2.21. The number of benzene rings is 2. The second kappa shape index (κ2) is 12.0. The SMILES string of the molecule is CCCCCCOc1ccccc1Nc1nc(Nc2ccc(OC(C)(C)C)cc2)ncc1C(F)(F)F. The molecule has 9 heteroatoms. The van der Waals surface area contributed by atoms with E-state index >= 15 is 0 Å². The average molecular weight is 503 g/mol. The highest BCUT2D eigenvalue weighted by atomic mass is 19.4. The number of nitrogens with one attached hydrogen (secondary N) is 2. The van der Waals surface area contributed by atoms with Crippen LogP contribution < -0.4 is 20.1 Å². The Morgan fingerprint density at radius 1 is 0.889 bits per heavy atom. The Balaban J connectivity index is 1.80. The Labute approximate surface area is 210 Å². The summed E-state index contributed by atoms with van der Waals surface area (Å²) >= 11 is 0. The van der Waals surface area contributed by atoms with Crippen molar-refractivity contribution in [1.82, 2.24) is 9.97 Å². The van der Waals surface area contributed by atoms with Crippen LogP contribution in [0.15, 0.2) is 54.7 Å². The average Bonchev–Trinajstić information content (AvgIpc) is 2.80. The van der Waals surface area contributed by atoms with Gasteiger partial charge in [0.1, 0.15) is 28.5 Å². The molecular formula is C27H33F3N4O2. The molecule has 1 aromatic heterocycles. The molecule has 6 nitrogen and oxygen atoms in total. The third-order valence-corrected chi connectivity index (χ3v) is 5.02. The largest absolute Gasteiger partial charge is 0.491 e. The minimum atomic E-state index is -4.64. The number of anilines is 4. The van der Waals surface area contributed by atoms with Crippen molar-refractivity contribution in [3.8, 4) is 11.5 Å². The van der Waals surface area contributed by atoms with Crippen molar-refractivity contribution in [1.29, 1.82) is 0 Å². The molecule has 0 amide bonds. The van der Waals surface area contributed by atoms with Gasteiger partial charge >= 0.3 is 6.18 Å². The van der Waals surface area contributed by atoms with Gasteiger partial charge in [0.05, 0.1) is 12.3 Å². The summed E-state index contributed by atoms with van der Waals surface area (Å²) < 4.78 is 52.8. The van der Waals surface area contributed by atoms with Gasteiger partial charge in [0.25, 0.3) is 0 Å². The lowest BCUT2D eigenvalue weighted by molar-refractivity contribution is -0.137. The Hall–Kier alpha value is -3.49. The van der Waals surface area contributed by atoms with Gasteiger partial charge in [-0.3, -0.25) is 0 Å². The molecule has 3 aromatic rings. The minimum Gasteiger partial charge on any atom is -0.491 e. The van der Waals surface area contributed by atoms with E-state index < -0.39 is 11.7 Å². The first-order valence-corrected chi connectivity index (χ1v) is 12.0. The van der Waals surface area contributed by atoms with Gasteiger partial charge in [0.15, 0.2) is 0 Å². The summed E-state index contributed by atoms with van der Waals surface area (Å²) in [4.78, 5) is 8.01. The van der Waals surface area contributed by atoms with E-state index in [1.807, 2.05) is 20.8 Å². The van der Waals surface area contributed by atoms with Gasteiger partial charge in [-0.2, -0.15) is 18.2 Å². The zero-order valence-electron chi connectivity index (χ0n) is 21.1. The monoisotopic (exact) mass is 502 g/mol. The molecule has 194 valence electrons. The first-order chi connectivity index (χ1) is 17.0. The van der Waals surface area contributed by atoms with Crippen molar-refractivity contribution >= 4 is 23.1 Å². The fraction of sp³-hybridized carbons (Fsp3) is 0.407. The van der Waals surface area contributed by atoms with Gasteiger partial charge in [-0.15, -0.1) is 0 Å². The number of hydrogen-bond donors (Lipinski definition) is 2. The van der Waals surface area contributed by atoms with Crippen LogP contribution in [-0.4, -0.2) is 22.2 Å². The number of unbranched alkanes of at least 4 members (excludes halogenated alkanes) is 3. The molecule has 0 spiro atoms. The van der Waals surface area contributed by atoms with Crippen molar-refractivity contribution < 1.29 is 22.6 Å². The zero-order chi connectivity index (χ0) is 26.2. The van der Waals surface area contributed by atoms with Gasteiger partial charge in [0, 0.05) is 11.9 Å². The molecule has 3 rings (SSSR count). The number of rotatable bonds is 11. The quantitative estimate of drug-likeness (QED) is 0.258. The number of para-hydroxylation sites is 2. The van der Waals surface area contributed by atoms with Gasteiger partial charge in [-0.05, 0) is 63.6 Å². The van der Waals surface area contributed by atoms with Crippen LogP contribution in [0.3, 0.4) is 0 Å². The normalized spacial score (nSPS) is 11.8. The maximum atomic E-state index is 13.7. The van der Waals surface area contributed by atoms with E-state index in [2.05, 4.69) is 27.5 Å². The van der Waals surface area contributed by atoms with E-state index in [-0.39, 0.29) is 17.4 Å². The van der Waals surface area contributed by atoms with E-state index in [4.69, 9.17) is 9.47 Å². The Morgan fingerprint density at radius 2 is 1.61 bits per heavy atom. The van der Waals surface area contributed by atoms with E-state index in [9.17, 15) is 13.2 Å². The van der Waals surface area contributed by atoms with Crippen LogP contribution in [-0.2, 0) is 6.18 Å². The fourth-order valence-corrected chi connectivity index (χ4v) is 3.37. The second-order valence-electron chi connectivity index (χ2n) is 9.35.